The van der Waals surface area contributed by atoms with E-state index in [1.165, 1.54) is 0 Å². The van der Waals surface area contributed by atoms with Crippen LogP contribution in [0, 0.1) is 11.8 Å². The lowest BCUT2D eigenvalue weighted by molar-refractivity contribution is -0.140. The molecule has 1 fully saturated rings. The summed E-state index contributed by atoms with van der Waals surface area (Å²) < 4.78 is 0. The Morgan fingerprint density at radius 2 is 1.94 bits per heavy atom. The summed E-state index contributed by atoms with van der Waals surface area (Å²) in [5.74, 6) is 0.251. The van der Waals surface area contributed by atoms with Crippen molar-refractivity contribution in [2.24, 2.45) is 23.3 Å². The van der Waals surface area contributed by atoms with E-state index in [2.05, 4.69) is 13.8 Å². The monoisotopic (exact) mass is 241 g/mol. The number of amides is 2. The summed E-state index contributed by atoms with van der Waals surface area (Å²) in [6.45, 7) is 7.02. The van der Waals surface area contributed by atoms with E-state index in [0.717, 1.165) is 13.0 Å². The van der Waals surface area contributed by atoms with Gasteiger partial charge in [0.2, 0.25) is 11.8 Å². The lowest BCUT2D eigenvalue weighted by Crippen LogP contribution is -2.54. The van der Waals surface area contributed by atoms with E-state index in [1.807, 2.05) is 6.92 Å². The molecule has 1 heterocycles. The highest BCUT2D eigenvalue weighted by atomic mass is 16.2. The minimum Gasteiger partial charge on any atom is -0.370 e. The van der Waals surface area contributed by atoms with Gasteiger partial charge in [0.25, 0.3) is 0 Å². The first-order valence-corrected chi connectivity index (χ1v) is 6.17. The molecule has 0 bridgehead atoms. The van der Waals surface area contributed by atoms with Crippen LogP contribution in [0.2, 0.25) is 0 Å². The van der Waals surface area contributed by atoms with Gasteiger partial charge < -0.3 is 16.4 Å². The lowest BCUT2D eigenvalue weighted by atomic mass is 9.85. The number of likely N-dealkylation sites (tertiary alicyclic amines) is 1. The predicted molar refractivity (Wildman–Crippen MR) is 65.9 cm³/mol. The fourth-order valence-electron chi connectivity index (χ4n) is 2.52. The van der Waals surface area contributed by atoms with Crippen LogP contribution in [-0.4, -0.2) is 35.3 Å². The molecular formula is C12H23N3O2. The first kappa shape index (κ1) is 14.0. The van der Waals surface area contributed by atoms with Gasteiger partial charge in [0.15, 0.2) is 0 Å². The summed E-state index contributed by atoms with van der Waals surface area (Å²) in [7, 11) is 0. The number of nitrogens with zero attached hydrogens (tertiary/aromatic N) is 1. The number of hydrogen-bond donors (Lipinski definition) is 2. The molecule has 0 aromatic rings. The number of primary amides is 1. The molecule has 98 valence electrons. The van der Waals surface area contributed by atoms with Crippen LogP contribution in [0.25, 0.3) is 0 Å². The lowest BCUT2D eigenvalue weighted by Gasteiger charge is -2.42. The van der Waals surface area contributed by atoms with Gasteiger partial charge in [-0.05, 0) is 25.2 Å². The topological polar surface area (TPSA) is 89.4 Å². The van der Waals surface area contributed by atoms with Crippen LogP contribution < -0.4 is 11.5 Å². The zero-order valence-corrected chi connectivity index (χ0v) is 10.8. The van der Waals surface area contributed by atoms with Crippen LogP contribution in [-0.2, 0) is 9.59 Å². The summed E-state index contributed by atoms with van der Waals surface area (Å²) in [4.78, 5) is 24.7. The molecule has 4 unspecified atom stereocenters. The summed E-state index contributed by atoms with van der Waals surface area (Å²) in [6.07, 6.45) is 1.04. The van der Waals surface area contributed by atoms with Crippen molar-refractivity contribution in [3.05, 3.63) is 0 Å². The highest BCUT2D eigenvalue weighted by Gasteiger charge is 2.34. The molecule has 17 heavy (non-hydrogen) atoms. The van der Waals surface area contributed by atoms with E-state index in [0.29, 0.717) is 11.8 Å². The SMILES string of the molecule is CC1CC(C)C(C)N(C(=O)C(N)CC(N)=O)C1. The first-order valence-electron chi connectivity index (χ1n) is 6.17. The van der Waals surface area contributed by atoms with E-state index in [9.17, 15) is 9.59 Å². The molecule has 5 heteroatoms. The second kappa shape index (κ2) is 5.49. The molecule has 0 aromatic heterocycles. The highest BCUT2D eigenvalue weighted by Crippen LogP contribution is 2.27. The van der Waals surface area contributed by atoms with E-state index < -0.39 is 11.9 Å². The van der Waals surface area contributed by atoms with Crippen LogP contribution in [0.15, 0.2) is 0 Å². The molecule has 1 aliphatic heterocycles. The summed E-state index contributed by atoms with van der Waals surface area (Å²) in [5.41, 5.74) is 10.8. The molecule has 1 saturated heterocycles. The molecule has 0 aromatic carbocycles. The van der Waals surface area contributed by atoms with Gasteiger partial charge in [-0.15, -0.1) is 0 Å². The van der Waals surface area contributed by atoms with Crippen molar-refractivity contribution in [1.29, 1.82) is 0 Å². The standard InChI is InChI=1S/C12H23N3O2/c1-7-4-8(2)9(3)15(6-7)12(17)10(13)5-11(14)16/h7-10H,4-6,13H2,1-3H3,(H2,14,16). The van der Waals surface area contributed by atoms with Crippen LogP contribution in [0.1, 0.15) is 33.6 Å². The molecule has 0 spiro atoms. The van der Waals surface area contributed by atoms with Crippen LogP contribution in [0.4, 0.5) is 0 Å². The normalized spacial score (nSPS) is 31.1. The van der Waals surface area contributed by atoms with Gasteiger partial charge in [0.05, 0.1) is 12.5 Å². The average molecular weight is 241 g/mol. The Morgan fingerprint density at radius 1 is 1.35 bits per heavy atom. The molecule has 0 aliphatic carbocycles. The van der Waals surface area contributed by atoms with Gasteiger partial charge >= 0.3 is 0 Å². The fraction of sp³-hybridized carbons (Fsp3) is 0.833. The smallest absolute Gasteiger partial charge is 0.240 e. The predicted octanol–water partition coefficient (Wildman–Crippen LogP) is 0.0821. The molecule has 0 radical (unpaired) electrons. The van der Waals surface area contributed by atoms with E-state index in [4.69, 9.17) is 11.5 Å². The van der Waals surface area contributed by atoms with Gasteiger partial charge in [0.1, 0.15) is 0 Å². The summed E-state index contributed by atoms with van der Waals surface area (Å²) in [6, 6.07) is -0.620. The Hall–Kier alpha value is -1.10. The second-order valence-electron chi connectivity index (χ2n) is 5.33. The Balaban J connectivity index is 2.69. The number of rotatable bonds is 3. The number of nitrogens with two attached hydrogens (primary N) is 2. The number of carbonyl (C=O) groups excluding carboxylic acids is 2. The third-order valence-corrected chi connectivity index (χ3v) is 3.62. The Morgan fingerprint density at radius 3 is 2.47 bits per heavy atom. The minimum atomic E-state index is -0.799. The third-order valence-electron chi connectivity index (χ3n) is 3.62. The van der Waals surface area contributed by atoms with Gasteiger partial charge in [-0.25, -0.2) is 0 Å². The maximum atomic E-state index is 12.1. The Kier molecular flexibility index (Phi) is 4.51. The molecule has 0 saturated carbocycles. The van der Waals surface area contributed by atoms with E-state index in [1.54, 1.807) is 4.90 Å². The fourth-order valence-corrected chi connectivity index (χ4v) is 2.52. The Bertz CT molecular complexity index is 306. The number of hydrogen-bond acceptors (Lipinski definition) is 3. The van der Waals surface area contributed by atoms with Crippen LogP contribution in [0.5, 0.6) is 0 Å². The average Bonchev–Trinajstić information content (AvgIpc) is 2.21. The van der Waals surface area contributed by atoms with Crippen molar-refractivity contribution < 1.29 is 9.59 Å². The van der Waals surface area contributed by atoms with E-state index >= 15 is 0 Å². The van der Waals surface area contributed by atoms with Crippen molar-refractivity contribution in [3.8, 4) is 0 Å². The summed E-state index contributed by atoms with van der Waals surface area (Å²) in [5, 5.41) is 0. The van der Waals surface area contributed by atoms with E-state index in [-0.39, 0.29) is 18.4 Å². The van der Waals surface area contributed by atoms with Gasteiger partial charge in [-0.2, -0.15) is 0 Å². The van der Waals surface area contributed by atoms with Crippen LogP contribution >= 0.6 is 0 Å². The van der Waals surface area contributed by atoms with Crippen molar-refractivity contribution in [2.45, 2.75) is 45.7 Å². The molecule has 1 rings (SSSR count). The molecule has 5 nitrogen and oxygen atoms in total. The molecule has 2 amide bonds. The number of carbonyl (C=O) groups is 2. The minimum absolute atomic E-state index is 0.0786. The van der Waals surface area contributed by atoms with Crippen molar-refractivity contribution in [3.63, 3.8) is 0 Å². The maximum absolute atomic E-state index is 12.1. The molecule has 4 N–H and O–H groups in total. The zero-order valence-electron chi connectivity index (χ0n) is 10.8. The van der Waals surface area contributed by atoms with Crippen LogP contribution in [0.3, 0.4) is 0 Å². The van der Waals surface area contributed by atoms with Gasteiger partial charge in [-0.1, -0.05) is 13.8 Å². The third kappa shape index (κ3) is 3.43. The highest BCUT2D eigenvalue weighted by molar-refractivity contribution is 5.87. The second-order valence-corrected chi connectivity index (χ2v) is 5.33. The maximum Gasteiger partial charge on any atom is 0.240 e. The Labute approximate surface area is 103 Å². The van der Waals surface area contributed by atoms with Crippen molar-refractivity contribution >= 4 is 11.8 Å². The molecular weight excluding hydrogens is 218 g/mol. The first-order chi connectivity index (χ1) is 7.82. The van der Waals surface area contributed by atoms with Crippen molar-refractivity contribution in [2.75, 3.05) is 6.54 Å². The summed E-state index contributed by atoms with van der Waals surface area (Å²) >= 11 is 0. The zero-order chi connectivity index (χ0) is 13.2. The number of piperidine rings is 1. The molecule has 1 aliphatic rings. The largest absolute Gasteiger partial charge is 0.370 e. The quantitative estimate of drug-likeness (QED) is 0.733. The van der Waals surface area contributed by atoms with Gasteiger partial charge in [-0.3, -0.25) is 9.59 Å². The van der Waals surface area contributed by atoms with Gasteiger partial charge in [0, 0.05) is 12.6 Å². The van der Waals surface area contributed by atoms with Crippen molar-refractivity contribution in [1.82, 2.24) is 4.90 Å². The molecule has 4 atom stereocenters.